The van der Waals surface area contributed by atoms with Crippen LogP contribution in [0.15, 0.2) is 60.9 Å². The molecule has 2 saturated heterocycles. The van der Waals surface area contributed by atoms with Gasteiger partial charge in [-0.15, -0.1) is 0 Å². The molecule has 0 spiro atoms. The number of carbonyl (C=O) groups excluding carboxylic acids is 4. The van der Waals surface area contributed by atoms with Crippen molar-refractivity contribution in [2.24, 2.45) is 11.8 Å². The largest absolute Gasteiger partial charge is 0.457 e. The number of hydrogen-bond donors (Lipinski definition) is 4. The van der Waals surface area contributed by atoms with Crippen LogP contribution in [0.5, 0.6) is 11.5 Å². The molecule has 3 aromatic carbocycles. The molecule has 15 nitrogen and oxygen atoms in total. The standard InChI is InChI=1S/C49H60N8O7/c1-9-49(10-2)33-19-16-31(35-26-51-44(53-35)37-14-12-22-57(37)46(59)42(28(5)6)55-48(61)63-8)24-39(33)64-38-20-17-29-23-30(15-18-32(29)40(38)49)34-25-50-43(52-34)36-13-11-21-56(36)45(58)41(27(3)4)54-47(60)62-7/h15-20,23-28,36-37,41-42H,9-14,21-22H2,1-8H3,(H,50,52)(H,51,53)(H,54,60)(H,55,61)/t36-,37-,41-,42-/m0/s1. The minimum absolute atomic E-state index is 0.118. The van der Waals surface area contributed by atoms with Gasteiger partial charge in [-0.1, -0.05) is 71.9 Å². The first-order valence-electron chi connectivity index (χ1n) is 22.6. The molecule has 8 rings (SSSR count). The van der Waals surface area contributed by atoms with Crippen molar-refractivity contribution in [2.45, 2.75) is 110 Å². The first-order chi connectivity index (χ1) is 30.8. The number of alkyl carbamates (subject to hydrolysis) is 2. The van der Waals surface area contributed by atoms with Crippen LogP contribution in [0.25, 0.3) is 33.3 Å². The third-order valence-electron chi connectivity index (χ3n) is 13.7. The SMILES string of the molecule is CCC1(CC)c2ccc(-c3cnc([C@@H]4CCCN4C(=O)[C@@H](NC(=O)OC)C(C)C)[nH]3)cc2Oc2ccc3cc(-c4cnc([C@@H]5CCCN5C(=O)[C@@H](NC(=O)OC)C(C)C)[nH]4)ccc3c21. The summed E-state index contributed by atoms with van der Waals surface area (Å²) in [5.41, 5.74) is 5.59. The van der Waals surface area contributed by atoms with Crippen LogP contribution in [0.1, 0.15) is 115 Å². The quantitative estimate of drug-likeness (QED) is 0.0951. The molecule has 338 valence electrons. The average molecular weight is 873 g/mol. The zero-order valence-electron chi connectivity index (χ0n) is 38.0. The van der Waals surface area contributed by atoms with Crippen LogP contribution >= 0.6 is 0 Å². The van der Waals surface area contributed by atoms with E-state index in [-0.39, 0.29) is 41.1 Å². The predicted molar refractivity (Wildman–Crippen MR) is 243 cm³/mol. The van der Waals surface area contributed by atoms with E-state index >= 15 is 0 Å². The Morgan fingerprint density at radius 3 is 1.75 bits per heavy atom. The van der Waals surface area contributed by atoms with E-state index in [0.29, 0.717) is 18.9 Å². The first kappa shape index (κ1) is 44.2. The molecule has 5 aromatic rings. The molecular formula is C49H60N8O7. The molecular weight excluding hydrogens is 813 g/mol. The molecule has 0 saturated carbocycles. The number of benzene rings is 3. The fourth-order valence-corrected chi connectivity index (χ4v) is 10.2. The van der Waals surface area contributed by atoms with Crippen molar-refractivity contribution in [1.29, 1.82) is 0 Å². The van der Waals surface area contributed by atoms with E-state index in [0.717, 1.165) is 94.7 Å². The van der Waals surface area contributed by atoms with E-state index in [1.54, 1.807) is 0 Å². The van der Waals surface area contributed by atoms with E-state index in [9.17, 15) is 19.2 Å². The minimum atomic E-state index is -0.708. The van der Waals surface area contributed by atoms with E-state index in [4.69, 9.17) is 24.2 Å². The molecule has 3 aliphatic rings. The molecule has 0 unspecified atom stereocenters. The van der Waals surface area contributed by atoms with Gasteiger partial charge in [0.25, 0.3) is 0 Å². The molecule has 4 amide bonds. The normalized spacial score (nSPS) is 18.7. The number of methoxy groups -OCH3 is 2. The molecule has 64 heavy (non-hydrogen) atoms. The maximum Gasteiger partial charge on any atom is 0.407 e. The van der Waals surface area contributed by atoms with Crippen molar-refractivity contribution in [1.82, 2.24) is 40.4 Å². The highest BCUT2D eigenvalue weighted by atomic mass is 16.5. The number of amides is 4. The Morgan fingerprint density at radius 1 is 0.734 bits per heavy atom. The average Bonchev–Trinajstić information content (AvgIpc) is 4.15. The second kappa shape index (κ2) is 18.0. The number of fused-ring (bicyclic) bond motifs is 4. The van der Waals surface area contributed by atoms with Crippen molar-refractivity contribution in [3.05, 3.63) is 83.7 Å². The van der Waals surface area contributed by atoms with Gasteiger partial charge in [0.05, 0.1) is 50.1 Å². The van der Waals surface area contributed by atoms with E-state index < -0.39 is 24.3 Å². The highest BCUT2D eigenvalue weighted by Crippen LogP contribution is 2.55. The van der Waals surface area contributed by atoms with E-state index in [1.807, 2.05) is 49.9 Å². The smallest absolute Gasteiger partial charge is 0.407 e. The van der Waals surface area contributed by atoms with Gasteiger partial charge >= 0.3 is 12.2 Å². The Balaban J connectivity index is 1.04. The summed E-state index contributed by atoms with van der Waals surface area (Å²) in [6.45, 7) is 13.3. The van der Waals surface area contributed by atoms with Crippen LogP contribution in [0.2, 0.25) is 0 Å². The number of nitrogens with zero attached hydrogens (tertiary/aromatic N) is 4. The summed E-state index contributed by atoms with van der Waals surface area (Å²) < 4.78 is 16.4. The topological polar surface area (TPSA) is 184 Å². The zero-order valence-corrected chi connectivity index (χ0v) is 38.0. The molecule has 0 radical (unpaired) electrons. The molecule has 15 heteroatoms. The van der Waals surface area contributed by atoms with Gasteiger partial charge in [0.1, 0.15) is 35.2 Å². The lowest BCUT2D eigenvalue weighted by Crippen LogP contribution is -2.51. The van der Waals surface area contributed by atoms with Crippen LogP contribution in [0.3, 0.4) is 0 Å². The number of carbonyl (C=O) groups is 4. The van der Waals surface area contributed by atoms with E-state index in [1.165, 1.54) is 19.8 Å². The Bertz CT molecular complexity index is 2560. The molecule has 5 heterocycles. The number of ether oxygens (including phenoxy) is 3. The van der Waals surface area contributed by atoms with E-state index in [2.05, 4.69) is 83.0 Å². The second-order valence-corrected chi connectivity index (χ2v) is 17.9. The Labute approximate surface area is 374 Å². The third-order valence-corrected chi connectivity index (χ3v) is 13.7. The lowest BCUT2D eigenvalue weighted by atomic mass is 9.67. The highest BCUT2D eigenvalue weighted by molar-refractivity contribution is 5.94. The first-order valence-corrected chi connectivity index (χ1v) is 22.6. The summed E-state index contributed by atoms with van der Waals surface area (Å²) >= 11 is 0. The Morgan fingerprint density at radius 2 is 1.25 bits per heavy atom. The molecule has 0 bridgehead atoms. The number of likely N-dealkylation sites (tertiary alicyclic amines) is 2. The maximum absolute atomic E-state index is 13.7. The van der Waals surface area contributed by atoms with Gasteiger partial charge < -0.3 is 44.6 Å². The summed E-state index contributed by atoms with van der Waals surface area (Å²) in [5, 5.41) is 7.65. The highest BCUT2D eigenvalue weighted by Gasteiger charge is 2.42. The Kier molecular flexibility index (Phi) is 12.4. The third kappa shape index (κ3) is 7.93. The van der Waals surface area contributed by atoms with Gasteiger partial charge in [0, 0.05) is 40.8 Å². The molecule has 3 aliphatic heterocycles. The summed E-state index contributed by atoms with van der Waals surface area (Å²) in [6, 6.07) is 15.2. The summed E-state index contributed by atoms with van der Waals surface area (Å²) in [7, 11) is 2.59. The molecule has 2 aromatic heterocycles. The number of H-pyrrole nitrogens is 2. The van der Waals surface area contributed by atoms with Crippen LogP contribution in [0.4, 0.5) is 9.59 Å². The minimum Gasteiger partial charge on any atom is -0.457 e. The molecule has 2 fully saturated rings. The lowest BCUT2D eigenvalue weighted by molar-refractivity contribution is -0.136. The summed E-state index contributed by atoms with van der Waals surface area (Å²) in [4.78, 5) is 71.9. The number of hydrogen-bond acceptors (Lipinski definition) is 9. The van der Waals surface area contributed by atoms with Gasteiger partial charge in [0.15, 0.2) is 0 Å². The number of imidazole rings is 2. The zero-order chi connectivity index (χ0) is 45.4. The maximum atomic E-state index is 13.7. The van der Waals surface area contributed by atoms with Crippen molar-refractivity contribution < 1.29 is 33.4 Å². The number of rotatable bonds is 12. The molecule has 0 aliphatic carbocycles. The van der Waals surface area contributed by atoms with Crippen molar-refractivity contribution in [3.8, 4) is 34.0 Å². The van der Waals surface area contributed by atoms with Gasteiger partial charge in [-0.3, -0.25) is 9.59 Å². The molecule has 4 N–H and O–H groups in total. The Hall–Kier alpha value is -6.38. The van der Waals surface area contributed by atoms with Crippen LogP contribution in [-0.2, 0) is 24.5 Å². The van der Waals surface area contributed by atoms with Gasteiger partial charge in [-0.2, -0.15) is 0 Å². The fraction of sp³-hybridized carbons (Fsp3) is 0.469. The monoisotopic (exact) mass is 872 g/mol. The summed E-state index contributed by atoms with van der Waals surface area (Å²) in [6.07, 6.45) is 7.33. The number of aromatic amines is 2. The second-order valence-electron chi connectivity index (χ2n) is 17.9. The van der Waals surface area contributed by atoms with Gasteiger partial charge in [-0.25, -0.2) is 19.6 Å². The number of nitrogens with one attached hydrogen (secondary N) is 4. The van der Waals surface area contributed by atoms with Crippen molar-refractivity contribution in [2.75, 3.05) is 27.3 Å². The van der Waals surface area contributed by atoms with Crippen LogP contribution in [-0.4, -0.2) is 93.1 Å². The lowest BCUT2D eigenvalue weighted by Gasteiger charge is -2.40. The van der Waals surface area contributed by atoms with Gasteiger partial charge in [0.2, 0.25) is 11.8 Å². The fourth-order valence-electron chi connectivity index (χ4n) is 10.2. The van der Waals surface area contributed by atoms with Gasteiger partial charge in [-0.05, 0) is 79.3 Å². The summed E-state index contributed by atoms with van der Waals surface area (Å²) in [5.74, 6) is 2.53. The van der Waals surface area contributed by atoms with Crippen molar-refractivity contribution >= 4 is 34.8 Å². The van der Waals surface area contributed by atoms with Crippen LogP contribution < -0.4 is 15.4 Å². The van der Waals surface area contributed by atoms with Crippen LogP contribution in [0, 0.1) is 11.8 Å². The van der Waals surface area contributed by atoms with Crippen molar-refractivity contribution in [3.63, 3.8) is 0 Å². The predicted octanol–water partition coefficient (Wildman–Crippen LogP) is 8.92. The molecule has 4 atom stereocenters. The number of aromatic nitrogens is 4.